The molecule has 7 nitrogen and oxygen atoms in total. The van der Waals surface area contributed by atoms with Crippen LogP contribution in [0.25, 0.3) is 23.3 Å². The number of rotatable bonds is 7. The first-order valence-corrected chi connectivity index (χ1v) is 19.0. The Kier molecular flexibility index (Phi) is 9.89. The molecular weight excluding hydrogens is 707 g/mol. The molecule has 8 rings (SSSR count). The molecule has 0 bridgehead atoms. The summed E-state index contributed by atoms with van der Waals surface area (Å²) in [5.74, 6) is 0.209. The minimum absolute atomic E-state index is 0.132. The molecule has 54 heavy (non-hydrogen) atoms. The molecule has 0 aliphatic carbocycles. The predicted octanol–water partition coefficient (Wildman–Crippen LogP) is 11.0. The van der Waals surface area contributed by atoms with Crippen LogP contribution in [-0.2, 0) is 9.59 Å². The zero-order valence-electron chi connectivity index (χ0n) is 29.5. The Bertz CT molecular complexity index is 2500. The number of anilines is 2. The highest BCUT2D eigenvalue weighted by atomic mass is 32.2. The van der Waals surface area contributed by atoms with Crippen LogP contribution in [0.4, 0.5) is 22.9 Å². The van der Waals surface area contributed by atoms with Gasteiger partial charge in [-0.05, 0) is 126 Å². The SMILES string of the molecule is Cc1ccc(/N=C2\S/C(=C\c3cccc(-c4cc(/N=C5\S/C(=C\c6ccccc6)C(=O)N5c5ccccc5)ncc4C)c3)C(=O)N2c2ccccc2)cc1. The summed E-state index contributed by atoms with van der Waals surface area (Å²) in [6.45, 7) is 4.05. The first-order chi connectivity index (χ1) is 26.4. The van der Waals surface area contributed by atoms with Crippen molar-refractivity contribution in [3.63, 3.8) is 0 Å². The molecule has 2 aliphatic rings. The number of benzene rings is 5. The zero-order valence-corrected chi connectivity index (χ0v) is 31.1. The van der Waals surface area contributed by atoms with E-state index in [1.165, 1.54) is 23.5 Å². The first kappa shape index (κ1) is 34.8. The van der Waals surface area contributed by atoms with E-state index in [0.717, 1.165) is 50.4 Å². The van der Waals surface area contributed by atoms with Crippen LogP contribution in [0.15, 0.2) is 172 Å². The summed E-state index contributed by atoms with van der Waals surface area (Å²) in [6, 6.07) is 46.9. The molecule has 6 aromatic rings. The molecule has 0 unspecified atom stereocenters. The smallest absolute Gasteiger partial charge is 0.268 e. The summed E-state index contributed by atoms with van der Waals surface area (Å²) in [6.07, 6.45) is 5.61. The second kappa shape index (κ2) is 15.4. The van der Waals surface area contributed by atoms with Crippen LogP contribution in [0.3, 0.4) is 0 Å². The lowest BCUT2D eigenvalue weighted by Gasteiger charge is -2.15. The lowest BCUT2D eigenvalue weighted by molar-refractivity contribution is -0.114. The number of hydrogen-bond acceptors (Lipinski definition) is 7. The maximum Gasteiger partial charge on any atom is 0.271 e. The van der Waals surface area contributed by atoms with E-state index in [4.69, 9.17) is 9.98 Å². The van der Waals surface area contributed by atoms with Gasteiger partial charge in [0, 0.05) is 6.20 Å². The molecule has 1 aromatic heterocycles. The minimum Gasteiger partial charge on any atom is -0.268 e. The van der Waals surface area contributed by atoms with Crippen molar-refractivity contribution in [1.29, 1.82) is 0 Å². The highest BCUT2D eigenvalue weighted by Gasteiger charge is 2.36. The van der Waals surface area contributed by atoms with Crippen LogP contribution in [0, 0.1) is 13.8 Å². The Labute approximate surface area is 322 Å². The number of carbonyl (C=O) groups is 2. The van der Waals surface area contributed by atoms with Gasteiger partial charge in [0.1, 0.15) is 0 Å². The van der Waals surface area contributed by atoms with Crippen LogP contribution < -0.4 is 9.80 Å². The van der Waals surface area contributed by atoms with Crippen LogP contribution in [0.5, 0.6) is 0 Å². The predicted molar refractivity (Wildman–Crippen MR) is 225 cm³/mol. The van der Waals surface area contributed by atoms with Gasteiger partial charge in [-0.25, -0.2) is 15.0 Å². The lowest BCUT2D eigenvalue weighted by atomic mass is 10.00. The molecule has 0 atom stereocenters. The van der Waals surface area contributed by atoms with Crippen LogP contribution in [0.1, 0.15) is 22.3 Å². The molecule has 2 aliphatic heterocycles. The van der Waals surface area contributed by atoms with Crippen molar-refractivity contribution in [3.05, 3.63) is 184 Å². The molecule has 0 N–H and O–H groups in total. The van der Waals surface area contributed by atoms with Crippen molar-refractivity contribution >= 4 is 80.7 Å². The topological polar surface area (TPSA) is 78.2 Å². The second-order valence-electron chi connectivity index (χ2n) is 12.7. The summed E-state index contributed by atoms with van der Waals surface area (Å²) in [5, 5.41) is 1.12. The van der Waals surface area contributed by atoms with Gasteiger partial charge in [0.2, 0.25) is 0 Å². The average Bonchev–Trinajstić information content (AvgIpc) is 3.67. The van der Waals surface area contributed by atoms with E-state index in [2.05, 4.69) is 11.1 Å². The van der Waals surface area contributed by atoms with Crippen LogP contribution in [-0.4, -0.2) is 27.1 Å². The molecule has 2 fully saturated rings. The standard InChI is InChI=1S/C45H33N5O2S2/c1-30-21-23-35(24-22-30)47-44-49(36-17-8-4-9-18-36)43(52)40(53-44)27-33-15-12-16-34(25-33)38-28-41(46-29-31(38)2)48-45-50(37-19-10-5-11-20-37)42(51)39(54-45)26-32-13-6-3-7-14-32/h3-29H,1-2H3/b39-26-,40-27-,47-44-,48-45-. The highest BCUT2D eigenvalue weighted by Crippen LogP contribution is 2.39. The highest BCUT2D eigenvalue weighted by molar-refractivity contribution is 8.19. The maximum atomic E-state index is 14.0. The van der Waals surface area contributed by atoms with E-state index in [9.17, 15) is 9.59 Å². The summed E-state index contributed by atoms with van der Waals surface area (Å²) < 4.78 is 0. The Morgan fingerprint density at radius 3 is 1.72 bits per heavy atom. The third-order valence-corrected chi connectivity index (χ3v) is 10.7. The Hall–Kier alpha value is -6.29. The van der Waals surface area contributed by atoms with E-state index in [-0.39, 0.29) is 11.8 Å². The van der Waals surface area contributed by atoms with Crippen molar-refractivity contribution in [1.82, 2.24) is 4.98 Å². The Morgan fingerprint density at radius 2 is 1.11 bits per heavy atom. The number of pyridine rings is 1. The van der Waals surface area contributed by atoms with Gasteiger partial charge in [-0.1, -0.05) is 103 Å². The number of nitrogens with zero attached hydrogens (tertiary/aromatic N) is 5. The molecule has 3 heterocycles. The number of carbonyl (C=O) groups excluding carboxylic acids is 2. The number of aliphatic imine (C=N–C) groups is 2. The number of para-hydroxylation sites is 2. The molecule has 0 saturated carbocycles. The van der Waals surface area contributed by atoms with Gasteiger partial charge in [0.15, 0.2) is 16.2 Å². The van der Waals surface area contributed by atoms with Crippen molar-refractivity contribution in [2.45, 2.75) is 13.8 Å². The molecule has 5 aromatic carbocycles. The normalized spacial score (nSPS) is 17.4. The van der Waals surface area contributed by atoms with E-state index >= 15 is 0 Å². The molecule has 262 valence electrons. The van der Waals surface area contributed by atoms with Gasteiger partial charge in [-0.2, -0.15) is 0 Å². The van der Waals surface area contributed by atoms with Crippen molar-refractivity contribution < 1.29 is 9.59 Å². The fourth-order valence-electron chi connectivity index (χ4n) is 6.07. The number of amidine groups is 2. The van der Waals surface area contributed by atoms with Crippen LogP contribution in [0.2, 0.25) is 0 Å². The van der Waals surface area contributed by atoms with Crippen molar-refractivity contribution in [2.75, 3.05) is 9.80 Å². The fraction of sp³-hybridized carbons (Fsp3) is 0.0444. The minimum atomic E-state index is -0.140. The fourth-order valence-corrected chi connectivity index (χ4v) is 8.06. The maximum absolute atomic E-state index is 14.0. The number of thioether (sulfide) groups is 2. The zero-order chi connectivity index (χ0) is 37.0. The number of hydrogen-bond donors (Lipinski definition) is 0. The molecule has 9 heteroatoms. The number of aryl methyl sites for hydroxylation is 2. The van der Waals surface area contributed by atoms with E-state index in [0.29, 0.717) is 26.0 Å². The van der Waals surface area contributed by atoms with E-state index in [1.807, 2.05) is 166 Å². The average molecular weight is 740 g/mol. The lowest BCUT2D eigenvalue weighted by Crippen LogP contribution is -2.28. The van der Waals surface area contributed by atoms with Gasteiger partial charge in [-0.15, -0.1) is 0 Å². The van der Waals surface area contributed by atoms with E-state index < -0.39 is 0 Å². The third kappa shape index (κ3) is 7.45. The monoisotopic (exact) mass is 739 g/mol. The number of amides is 2. The van der Waals surface area contributed by atoms with Gasteiger partial charge >= 0.3 is 0 Å². The third-order valence-electron chi connectivity index (χ3n) is 8.79. The summed E-state index contributed by atoms with van der Waals surface area (Å²) in [5.41, 5.74) is 8.10. The molecule has 0 spiro atoms. The Balaban J connectivity index is 1.12. The largest absolute Gasteiger partial charge is 0.271 e. The Morgan fingerprint density at radius 1 is 0.574 bits per heavy atom. The van der Waals surface area contributed by atoms with Crippen LogP contribution >= 0.6 is 23.5 Å². The molecule has 0 radical (unpaired) electrons. The summed E-state index contributed by atoms with van der Waals surface area (Å²) in [7, 11) is 0. The van der Waals surface area contributed by atoms with Gasteiger partial charge in [0.25, 0.3) is 11.8 Å². The molecule has 2 saturated heterocycles. The summed E-state index contributed by atoms with van der Waals surface area (Å²) >= 11 is 2.69. The van der Waals surface area contributed by atoms with Gasteiger partial charge in [0.05, 0.1) is 26.9 Å². The molecule has 2 amide bonds. The van der Waals surface area contributed by atoms with Gasteiger partial charge in [-0.3, -0.25) is 19.4 Å². The number of aromatic nitrogens is 1. The van der Waals surface area contributed by atoms with E-state index in [1.54, 1.807) is 16.0 Å². The van der Waals surface area contributed by atoms with Crippen molar-refractivity contribution in [2.24, 2.45) is 9.98 Å². The van der Waals surface area contributed by atoms with Crippen molar-refractivity contribution in [3.8, 4) is 11.1 Å². The summed E-state index contributed by atoms with van der Waals surface area (Å²) in [4.78, 5) is 46.7. The quantitative estimate of drug-likeness (QED) is 0.152. The molecular formula is C45H33N5O2S2. The first-order valence-electron chi connectivity index (χ1n) is 17.3. The second-order valence-corrected chi connectivity index (χ2v) is 14.7. The van der Waals surface area contributed by atoms with Gasteiger partial charge < -0.3 is 0 Å².